The zero-order chi connectivity index (χ0) is 12.9. The second-order valence-electron chi connectivity index (χ2n) is 5.07. The minimum Gasteiger partial charge on any atom is -0.344 e. The molecule has 1 aliphatic heterocycles. The molecule has 1 saturated carbocycles. The fourth-order valence-corrected chi connectivity index (χ4v) is 2.83. The van der Waals surface area contributed by atoms with Crippen LogP contribution >= 0.6 is 11.6 Å². The third kappa shape index (κ3) is 1.59. The van der Waals surface area contributed by atoms with E-state index in [1.807, 2.05) is 7.05 Å². The van der Waals surface area contributed by atoms with Crippen LogP contribution in [-0.4, -0.2) is 29.1 Å². The van der Waals surface area contributed by atoms with Gasteiger partial charge in [-0.05, 0) is 37.8 Å². The molecule has 0 N–H and O–H groups in total. The number of likely N-dealkylation sites (N-methyl/N-ethyl adjacent to an activating group) is 1. The van der Waals surface area contributed by atoms with Crippen LogP contribution in [0.5, 0.6) is 0 Å². The maximum absolute atomic E-state index is 5.95. The highest BCUT2D eigenvalue weighted by Gasteiger charge is 2.37. The number of hydrogen-bond donors (Lipinski definition) is 0. The lowest BCUT2D eigenvalue weighted by molar-refractivity contribution is 0.367. The summed E-state index contributed by atoms with van der Waals surface area (Å²) in [4.78, 5) is 12.9. The zero-order valence-electron chi connectivity index (χ0n) is 10.7. The molecule has 2 aliphatic rings. The minimum atomic E-state index is 0.263. The Morgan fingerprint density at radius 1 is 1.44 bits per heavy atom. The Morgan fingerprint density at radius 3 is 2.78 bits per heavy atom. The van der Waals surface area contributed by atoms with Crippen molar-refractivity contribution in [3.63, 3.8) is 0 Å². The smallest absolute Gasteiger partial charge is 0.224 e. The molecule has 2 heterocycles. The van der Waals surface area contributed by atoms with Crippen molar-refractivity contribution in [2.75, 3.05) is 16.8 Å². The average Bonchev–Trinajstić information content (AvgIpc) is 2.29. The predicted octanol–water partition coefficient (Wildman–Crippen LogP) is 2.84. The van der Waals surface area contributed by atoms with Gasteiger partial charge >= 0.3 is 0 Å². The van der Waals surface area contributed by atoms with Crippen molar-refractivity contribution in [3.05, 3.63) is 23.8 Å². The van der Waals surface area contributed by atoms with E-state index in [2.05, 4.69) is 33.3 Å². The molecule has 1 aliphatic carbocycles. The van der Waals surface area contributed by atoms with E-state index >= 15 is 0 Å². The second-order valence-corrected chi connectivity index (χ2v) is 5.40. The Kier molecular flexibility index (Phi) is 2.70. The number of nitrogens with zero attached hydrogens (tertiary/aromatic N) is 4. The summed E-state index contributed by atoms with van der Waals surface area (Å²) in [5.74, 6) is 0.946. The first-order valence-corrected chi connectivity index (χ1v) is 6.71. The lowest BCUT2D eigenvalue weighted by Crippen LogP contribution is -2.52. The molecule has 4 nitrogen and oxygen atoms in total. The van der Waals surface area contributed by atoms with E-state index in [1.54, 1.807) is 6.20 Å². The van der Waals surface area contributed by atoms with Crippen molar-refractivity contribution in [2.45, 2.75) is 38.3 Å². The number of hydrogen-bond acceptors (Lipinski definition) is 4. The van der Waals surface area contributed by atoms with E-state index in [-0.39, 0.29) is 6.04 Å². The zero-order valence-corrected chi connectivity index (χ0v) is 11.5. The molecule has 1 aromatic rings. The number of halogens is 1. The molecule has 3 rings (SSSR count). The Labute approximate surface area is 112 Å². The largest absolute Gasteiger partial charge is 0.344 e. The average molecular weight is 265 g/mol. The fourth-order valence-electron chi connectivity index (χ4n) is 2.71. The molecule has 1 aromatic heterocycles. The van der Waals surface area contributed by atoms with Gasteiger partial charge in [0.15, 0.2) is 5.82 Å². The normalized spacial score (nSPS) is 23.9. The SMILES string of the molecule is C=C1C(C)N(C2CCC2)c2nc(Cl)ncc2N1C. The Hall–Kier alpha value is -1.29. The van der Waals surface area contributed by atoms with Crippen LogP contribution in [0.3, 0.4) is 0 Å². The van der Waals surface area contributed by atoms with Gasteiger partial charge in [0.1, 0.15) is 5.69 Å². The summed E-state index contributed by atoms with van der Waals surface area (Å²) in [5, 5.41) is 0.311. The summed E-state index contributed by atoms with van der Waals surface area (Å²) in [6.45, 7) is 6.36. The Bertz CT molecular complexity index is 498. The van der Waals surface area contributed by atoms with Gasteiger partial charge in [-0.25, -0.2) is 4.98 Å². The Balaban J connectivity index is 2.11. The molecule has 18 heavy (non-hydrogen) atoms. The van der Waals surface area contributed by atoms with E-state index in [4.69, 9.17) is 11.6 Å². The number of fused-ring (bicyclic) bond motifs is 1. The summed E-state index contributed by atoms with van der Waals surface area (Å²) in [6.07, 6.45) is 5.53. The Morgan fingerprint density at radius 2 is 2.17 bits per heavy atom. The maximum atomic E-state index is 5.95. The molecule has 0 amide bonds. The van der Waals surface area contributed by atoms with E-state index in [0.717, 1.165) is 17.2 Å². The van der Waals surface area contributed by atoms with Gasteiger partial charge in [-0.1, -0.05) is 6.58 Å². The number of rotatable bonds is 1. The molecular weight excluding hydrogens is 248 g/mol. The predicted molar refractivity (Wildman–Crippen MR) is 74.2 cm³/mol. The quantitative estimate of drug-likeness (QED) is 0.730. The molecule has 5 heteroatoms. The molecule has 96 valence electrons. The maximum Gasteiger partial charge on any atom is 0.224 e. The molecule has 1 atom stereocenters. The summed E-state index contributed by atoms with van der Waals surface area (Å²) in [6, 6.07) is 0.828. The third-order valence-electron chi connectivity index (χ3n) is 4.12. The minimum absolute atomic E-state index is 0.263. The van der Waals surface area contributed by atoms with Crippen LogP contribution in [0.15, 0.2) is 18.5 Å². The topological polar surface area (TPSA) is 32.3 Å². The molecule has 0 saturated heterocycles. The monoisotopic (exact) mass is 264 g/mol. The molecule has 1 unspecified atom stereocenters. The molecule has 0 radical (unpaired) electrons. The van der Waals surface area contributed by atoms with E-state index in [9.17, 15) is 0 Å². The fraction of sp³-hybridized carbons (Fsp3) is 0.538. The lowest BCUT2D eigenvalue weighted by Gasteiger charge is -2.48. The van der Waals surface area contributed by atoms with Gasteiger partial charge in [0, 0.05) is 18.8 Å². The van der Waals surface area contributed by atoms with Crippen LogP contribution in [0.25, 0.3) is 0 Å². The lowest BCUT2D eigenvalue weighted by atomic mass is 9.89. The van der Waals surface area contributed by atoms with Crippen molar-refractivity contribution in [1.29, 1.82) is 0 Å². The van der Waals surface area contributed by atoms with Gasteiger partial charge in [0.2, 0.25) is 5.28 Å². The van der Waals surface area contributed by atoms with Crippen molar-refractivity contribution in [3.8, 4) is 0 Å². The van der Waals surface area contributed by atoms with Gasteiger partial charge in [0.25, 0.3) is 0 Å². The second kappa shape index (κ2) is 4.12. The summed E-state index contributed by atoms with van der Waals surface area (Å²) in [5.41, 5.74) is 2.08. The highest BCUT2D eigenvalue weighted by molar-refractivity contribution is 6.28. The van der Waals surface area contributed by atoms with Crippen LogP contribution in [0.4, 0.5) is 11.5 Å². The van der Waals surface area contributed by atoms with Gasteiger partial charge in [-0.3, -0.25) is 0 Å². The molecule has 0 bridgehead atoms. The van der Waals surface area contributed by atoms with Gasteiger partial charge in [-0.2, -0.15) is 4.98 Å². The summed E-state index contributed by atoms with van der Waals surface area (Å²) in [7, 11) is 2.01. The van der Waals surface area contributed by atoms with E-state index < -0.39 is 0 Å². The van der Waals surface area contributed by atoms with Crippen LogP contribution < -0.4 is 9.80 Å². The van der Waals surface area contributed by atoms with E-state index in [0.29, 0.717) is 11.3 Å². The highest BCUT2D eigenvalue weighted by Crippen LogP contribution is 2.41. The molecule has 0 aromatic carbocycles. The first-order chi connectivity index (χ1) is 8.59. The van der Waals surface area contributed by atoms with Gasteiger partial charge < -0.3 is 9.80 Å². The van der Waals surface area contributed by atoms with Crippen LogP contribution in [-0.2, 0) is 0 Å². The summed E-state index contributed by atoms with van der Waals surface area (Å²) < 4.78 is 0. The first kappa shape index (κ1) is 11.8. The number of aromatic nitrogens is 2. The highest BCUT2D eigenvalue weighted by atomic mass is 35.5. The van der Waals surface area contributed by atoms with Crippen molar-refractivity contribution < 1.29 is 0 Å². The van der Waals surface area contributed by atoms with Crippen molar-refractivity contribution >= 4 is 23.1 Å². The molecular formula is C13H17ClN4. The first-order valence-electron chi connectivity index (χ1n) is 6.33. The van der Waals surface area contributed by atoms with Gasteiger partial charge in [-0.15, -0.1) is 0 Å². The van der Waals surface area contributed by atoms with Crippen molar-refractivity contribution in [1.82, 2.24) is 9.97 Å². The molecule has 1 fully saturated rings. The van der Waals surface area contributed by atoms with Crippen LogP contribution in [0, 0.1) is 0 Å². The van der Waals surface area contributed by atoms with Gasteiger partial charge in [0.05, 0.1) is 12.2 Å². The van der Waals surface area contributed by atoms with Crippen LogP contribution in [0.2, 0.25) is 5.28 Å². The van der Waals surface area contributed by atoms with Crippen LogP contribution in [0.1, 0.15) is 26.2 Å². The standard InChI is InChI=1S/C13H17ClN4/c1-8-9(2)18(10-5-4-6-10)12-11(17(8)3)7-15-13(14)16-12/h7,9-10H,1,4-6H2,2-3H3. The third-order valence-corrected chi connectivity index (χ3v) is 4.31. The molecule has 0 spiro atoms. The number of anilines is 2. The van der Waals surface area contributed by atoms with Crippen molar-refractivity contribution in [2.24, 2.45) is 0 Å². The van der Waals surface area contributed by atoms with E-state index in [1.165, 1.54) is 19.3 Å². The summed E-state index contributed by atoms with van der Waals surface area (Å²) >= 11 is 5.95.